The molecule has 2 aromatic heterocycles. The maximum absolute atomic E-state index is 13.0. The van der Waals surface area contributed by atoms with Crippen LogP contribution in [0.3, 0.4) is 0 Å². The highest BCUT2D eigenvalue weighted by Crippen LogP contribution is 2.31. The summed E-state index contributed by atoms with van der Waals surface area (Å²) in [7, 11) is -3.09. The van der Waals surface area contributed by atoms with Crippen LogP contribution in [0.5, 0.6) is 0 Å². The topological polar surface area (TPSA) is 115 Å². The summed E-state index contributed by atoms with van der Waals surface area (Å²) in [6, 6.07) is 9.27. The van der Waals surface area contributed by atoms with Gasteiger partial charge in [-0.2, -0.15) is 0 Å². The summed E-state index contributed by atoms with van der Waals surface area (Å²) in [5, 5.41) is 2.60. The largest absolute Gasteiger partial charge is 0.338 e. The van der Waals surface area contributed by atoms with Crippen LogP contribution < -0.4 is 11.4 Å². The number of hydrogen-bond acceptors (Lipinski definition) is 8. The number of sulfone groups is 1. The summed E-state index contributed by atoms with van der Waals surface area (Å²) in [6.45, 7) is 2.44. The Balaban J connectivity index is 1.56. The first-order chi connectivity index (χ1) is 15.3. The summed E-state index contributed by atoms with van der Waals surface area (Å²) < 4.78 is 24.7. The lowest BCUT2D eigenvalue weighted by atomic mass is 10.1. The Morgan fingerprint density at radius 2 is 2.09 bits per heavy atom. The molecule has 1 atom stereocenters. The maximum atomic E-state index is 13.0. The number of thiophene rings is 1. The summed E-state index contributed by atoms with van der Waals surface area (Å²) >= 11 is 2.45. The van der Waals surface area contributed by atoms with Gasteiger partial charge in [0.15, 0.2) is 15.0 Å². The summed E-state index contributed by atoms with van der Waals surface area (Å²) in [5.74, 6) is 6.03. The Labute approximate surface area is 194 Å². The molecule has 32 heavy (non-hydrogen) atoms. The van der Waals surface area contributed by atoms with Crippen LogP contribution in [0.4, 0.5) is 0 Å². The molecule has 8 nitrogen and oxygen atoms in total. The van der Waals surface area contributed by atoms with Crippen LogP contribution >= 0.6 is 23.1 Å². The van der Waals surface area contributed by atoms with Crippen LogP contribution in [0.2, 0.25) is 0 Å². The van der Waals surface area contributed by atoms with Gasteiger partial charge in [0.05, 0.1) is 22.6 Å². The van der Waals surface area contributed by atoms with Crippen molar-refractivity contribution in [3.63, 3.8) is 0 Å². The molecule has 1 aliphatic rings. The molecule has 0 spiro atoms. The molecule has 170 valence electrons. The average Bonchev–Trinajstić information content (AvgIpc) is 3.36. The van der Waals surface area contributed by atoms with Crippen molar-refractivity contribution in [3.8, 4) is 11.1 Å². The fraction of sp³-hybridized carbons (Fsp3) is 0.381. The van der Waals surface area contributed by atoms with Gasteiger partial charge in [0.1, 0.15) is 4.83 Å². The third-order valence-electron chi connectivity index (χ3n) is 5.45. The fourth-order valence-corrected chi connectivity index (χ4v) is 7.42. The van der Waals surface area contributed by atoms with Gasteiger partial charge >= 0.3 is 0 Å². The molecule has 2 N–H and O–H groups in total. The monoisotopic (exact) mass is 492 g/mol. The number of hydrogen-bond donors (Lipinski definition) is 1. The van der Waals surface area contributed by atoms with Crippen LogP contribution in [-0.2, 0) is 14.6 Å². The zero-order valence-corrected chi connectivity index (χ0v) is 20.0. The number of nitrogens with two attached hydrogens (primary N) is 1. The molecule has 4 rings (SSSR count). The van der Waals surface area contributed by atoms with E-state index in [1.165, 1.54) is 11.3 Å². The molecule has 1 amide bonds. The van der Waals surface area contributed by atoms with Crippen molar-refractivity contribution in [2.24, 2.45) is 0 Å². The number of carbonyl (C=O) groups is 1. The van der Waals surface area contributed by atoms with Crippen molar-refractivity contribution in [2.45, 2.75) is 31.0 Å². The quantitative estimate of drug-likeness (QED) is 0.306. The van der Waals surface area contributed by atoms with E-state index in [0.717, 1.165) is 34.0 Å². The minimum Gasteiger partial charge on any atom is -0.338 e. The molecular formula is C21H24N4O4S3. The molecule has 0 radical (unpaired) electrons. The van der Waals surface area contributed by atoms with E-state index in [1.807, 2.05) is 42.6 Å². The normalized spacial score (nSPS) is 17.6. The molecule has 1 unspecified atom stereocenters. The number of aromatic nitrogens is 2. The number of thioether (sulfide) groups is 1. The van der Waals surface area contributed by atoms with E-state index < -0.39 is 9.84 Å². The Kier molecular flexibility index (Phi) is 6.59. The molecule has 3 aromatic rings. The second-order valence-corrected chi connectivity index (χ2v) is 11.7. The van der Waals surface area contributed by atoms with Crippen molar-refractivity contribution in [3.05, 3.63) is 46.1 Å². The molecule has 3 heterocycles. The Morgan fingerprint density at radius 1 is 1.34 bits per heavy atom. The van der Waals surface area contributed by atoms with Crippen LogP contribution in [0.25, 0.3) is 21.3 Å². The van der Waals surface area contributed by atoms with E-state index in [9.17, 15) is 18.0 Å². The lowest BCUT2D eigenvalue weighted by Crippen LogP contribution is -2.42. The van der Waals surface area contributed by atoms with Crippen molar-refractivity contribution >= 4 is 49.1 Å². The van der Waals surface area contributed by atoms with E-state index in [2.05, 4.69) is 4.98 Å². The Morgan fingerprint density at radius 3 is 2.75 bits per heavy atom. The summed E-state index contributed by atoms with van der Waals surface area (Å²) in [5.41, 5.74) is 1.33. The van der Waals surface area contributed by atoms with Gasteiger partial charge in [-0.1, -0.05) is 49.0 Å². The van der Waals surface area contributed by atoms with Gasteiger partial charge in [-0.15, -0.1) is 11.3 Å². The minimum absolute atomic E-state index is 0.00662. The smallest absolute Gasteiger partial charge is 0.282 e. The molecule has 0 bridgehead atoms. The molecule has 1 fully saturated rings. The first kappa shape index (κ1) is 22.8. The number of nitrogen functional groups attached to an aromatic ring is 1. The second kappa shape index (κ2) is 9.24. The van der Waals surface area contributed by atoms with Crippen LogP contribution in [0.1, 0.15) is 19.8 Å². The zero-order chi connectivity index (χ0) is 22.9. The van der Waals surface area contributed by atoms with Crippen molar-refractivity contribution in [1.82, 2.24) is 14.6 Å². The first-order valence-electron chi connectivity index (χ1n) is 10.3. The molecule has 0 saturated carbocycles. The van der Waals surface area contributed by atoms with Gasteiger partial charge in [-0.3, -0.25) is 9.59 Å². The zero-order valence-electron chi connectivity index (χ0n) is 17.6. The Hall–Kier alpha value is -2.37. The van der Waals surface area contributed by atoms with E-state index in [0.29, 0.717) is 23.2 Å². The highest BCUT2D eigenvalue weighted by atomic mass is 32.2. The SMILES string of the molecule is CCCN(C(=O)CSc1nc2scc(-c3ccccc3)c2c(=O)n1N)C1CCS(=O)(=O)C1. The predicted molar refractivity (Wildman–Crippen MR) is 129 cm³/mol. The van der Waals surface area contributed by atoms with Gasteiger partial charge in [0.2, 0.25) is 5.91 Å². The summed E-state index contributed by atoms with van der Waals surface area (Å²) in [4.78, 5) is 32.7. The van der Waals surface area contributed by atoms with Crippen LogP contribution in [0.15, 0.2) is 45.7 Å². The average molecular weight is 493 g/mol. The van der Waals surface area contributed by atoms with Crippen molar-refractivity contribution in [2.75, 3.05) is 29.6 Å². The van der Waals surface area contributed by atoms with E-state index >= 15 is 0 Å². The van der Waals surface area contributed by atoms with E-state index in [1.54, 1.807) is 4.90 Å². The number of rotatable bonds is 7. The van der Waals surface area contributed by atoms with Crippen molar-refractivity contribution in [1.29, 1.82) is 0 Å². The maximum Gasteiger partial charge on any atom is 0.282 e. The number of fused-ring (bicyclic) bond motifs is 1. The molecular weight excluding hydrogens is 468 g/mol. The van der Waals surface area contributed by atoms with Gasteiger partial charge in [-0.05, 0) is 18.4 Å². The standard InChI is InChI=1S/C21H24N4O4S3/c1-2-9-24(15-8-10-32(28,29)13-15)17(26)12-31-21-23-19-18(20(27)25(21)22)16(11-30-19)14-6-4-3-5-7-14/h3-7,11,15H,2,8-10,12-13,22H2,1H3. The highest BCUT2D eigenvalue weighted by Gasteiger charge is 2.34. The number of benzene rings is 1. The third-order valence-corrected chi connectivity index (χ3v) is 9.01. The fourth-order valence-electron chi connectivity index (χ4n) is 3.90. The first-order valence-corrected chi connectivity index (χ1v) is 14.0. The van der Waals surface area contributed by atoms with E-state index in [-0.39, 0.29) is 39.9 Å². The molecule has 0 aliphatic carbocycles. The van der Waals surface area contributed by atoms with Crippen LogP contribution in [0, 0.1) is 0 Å². The Bertz CT molecular complexity index is 1300. The highest BCUT2D eigenvalue weighted by molar-refractivity contribution is 7.99. The van der Waals surface area contributed by atoms with Gasteiger partial charge in [-0.25, -0.2) is 18.1 Å². The van der Waals surface area contributed by atoms with Gasteiger partial charge in [0.25, 0.3) is 5.56 Å². The summed E-state index contributed by atoms with van der Waals surface area (Å²) in [6.07, 6.45) is 1.19. The molecule has 1 aliphatic heterocycles. The lowest BCUT2D eigenvalue weighted by molar-refractivity contribution is -0.130. The molecule has 11 heteroatoms. The van der Waals surface area contributed by atoms with Gasteiger partial charge < -0.3 is 10.7 Å². The lowest BCUT2D eigenvalue weighted by Gasteiger charge is -2.27. The van der Waals surface area contributed by atoms with Crippen LogP contribution in [-0.4, -0.2) is 58.7 Å². The number of nitrogens with zero attached hydrogens (tertiary/aromatic N) is 3. The minimum atomic E-state index is -3.09. The number of carbonyl (C=O) groups excluding carboxylic acids is 1. The molecule has 1 aromatic carbocycles. The van der Waals surface area contributed by atoms with Crippen molar-refractivity contribution < 1.29 is 13.2 Å². The number of amides is 1. The van der Waals surface area contributed by atoms with Gasteiger partial charge in [0, 0.05) is 23.5 Å². The van der Waals surface area contributed by atoms with E-state index in [4.69, 9.17) is 5.84 Å². The predicted octanol–water partition coefficient (Wildman–Crippen LogP) is 2.36. The third kappa shape index (κ3) is 4.55. The molecule has 1 saturated heterocycles. The second-order valence-electron chi connectivity index (χ2n) is 7.70.